The van der Waals surface area contributed by atoms with E-state index in [1.807, 2.05) is 24.3 Å². The minimum Gasteiger partial charge on any atom is -0.497 e. The van der Waals surface area contributed by atoms with E-state index in [0.29, 0.717) is 13.2 Å². The van der Waals surface area contributed by atoms with E-state index in [4.69, 9.17) is 9.47 Å². The molecule has 2 N–H and O–H groups in total. The Kier molecular flexibility index (Phi) is 6.75. The fourth-order valence-electron chi connectivity index (χ4n) is 1.98. The molecule has 0 radical (unpaired) electrons. The van der Waals surface area contributed by atoms with E-state index in [1.165, 1.54) is 10.4 Å². The number of ether oxygens (including phenoxy) is 2. The topological polar surface area (TPSA) is 54.9 Å². The third-order valence-electron chi connectivity index (χ3n) is 3.33. The molecule has 1 heterocycles. The summed E-state index contributed by atoms with van der Waals surface area (Å²) in [5.74, 6) is 2.42. The van der Waals surface area contributed by atoms with Crippen LogP contribution in [0.15, 0.2) is 40.7 Å². The van der Waals surface area contributed by atoms with E-state index in [9.17, 15) is 0 Å². The van der Waals surface area contributed by atoms with Gasteiger partial charge in [-0.1, -0.05) is 0 Å². The number of hydrogen-bond acceptors (Lipinski definition) is 4. The molecule has 6 heteroatoms. The van der Waals surface area contributed by atoms with Crippen molar-refractivity contribution in [3.8, 4) is 11.5 Å². The Labute approximate surface area is 141 Å². The molecule has 0 saturated heterocycles. The van der Waals surface area contributed by atoms with Gasteiger partial charge in [0.15, 0.2) is 5.96 Å². The lowest BCUT2D eigenvalue weighted by Crippen LogP contribution is -2.38. The number of benzene rings is 1. The molecule has 0 atom stereocenters. The fourth-order valence-corrected chi connectivity index (χ4v) is 2.83. The zero-order valence-electron chi connectivity index (χ0n) is 13.8. The molecule has 0 spiro atoms. The van der Waals surface area contributed by atoms with E-state index in [2.05, 4.69) is 34.0 Å². The standard InChI is InChI=1S/C17H23N3O2S/c1-13-8-11-23-16(13)12-20-17(18-2)19-9-10-22-15-6-4-14(21-3)5-7-15/h4-8,11H,9-10,12H2,1-3H3,(H2,18,19,20). The molecule has 0 amide bonds. The molecule has 0 aliphatic carbocycles. The van der Waals surface area contributed by atoms with Gasteiger partial charge in [0.25, 0.3) is 0 Å². The molecule has 23 heavy (non-hydrogen) atoms. The van der Waals surface area contributed by atoms with Gasteiger partial charge < -0.3 is 20.1 Å². The number of aliphatic imine (C=N–C) groups is 1. The van der Waals surface area contributed by atoms with Crippen LogP contribution in [0.1, 0.15) is 10.4 Å². The summed E-state index contributed by atoms with van der Waals surface area (Å²) in [5, 5.41) is 8.64. The lowest BCUT2D eigenvalue weighted by Gasteiger charge is -2.12. The monoisotopic (exact) mass is 333 g/mol. The van der Waals surface area contributed by atoms with Crippen LogP contribution in [0.3, 0.4) is 0 Å². The third kappa shape index (κ3) is 5.49. The lowest BCUT2D eigenvalue weighted by atomic mass is 10.3. The largest absolute Gasteiger partial charge is 0.497 e. The molecule has 124 valence electrons. The molecule has 5 nitrogen and oxygen atoms in total. The number of nitrogens with one attached hydrogen (secondary N) is 2. The van der Waals surface area contributed by atoms with Gasteiger partial charge in [-0.25, -0.2) is 0 Å². The smallest absolute Gasteiger partial charge is 0.191 e. The molecule has 2 rings (SSSR count). The number of aryl methyl sites for hydroxylation is 1. The van der Waals surface area contributed by atoms with Crippen molar-refractivity contribution in [1.82, 2.24) is 10.6 Å². The molecule has 1 aromatic carbocycles. The molecule has 0 saturated carbocycles. The maximum atomic E-state index is 5.67. The zero-order chi connectivity index (χ0) is 16.5. The van der Waals surface area contributed by atoms with Crippen LogP contribution in [-0.2, 0) is 6.54 Å². The first kappa shape index (κ1) is 17.1. The molecule has 0 aliphatic rings. The second-order valence-electron chi connectivity index (χ2n) is 4.90. The molecular formula is C17H23N3O2S. The van der Waals surface area contributed by atoms with Crippen LogP contribution in [0, 0.1) is 6.92 Å². The van der Waals surface area contributed by atoms with E-state index >= 15 is 0 Å². The third-order valence-corrected chi connectivity index (χ3v) is 4.35. The first-order chi connectivity index (χ1) is 11.2. The Morgan fingerprint density at radius 2 is 1.87 bits per heavy atom. The highest BCUT2D eigenvalue weighted by molar-refractivity contribution is 7.10. The van der Waals surface area contributed by atoms with Gasteiger partial charge in [0, 0.05) is 11.9 Å². The lowest BCUT2D eigenvalue weighted by molar-refractivity contribution is 0.321. The maximum absolute atomic E-state index is 5.67. The molecule has 0 aliphatic heterocycles. The number of guanidine groups is 1. The van der Waals surface area contributed by atoms with Gasteiger partial charge in [-0.05, 0) is 48.2 Å². The van der Waals surface area contributed by atoms with Gasteiger partial charge in [0.2, 0.25) is 0 Å². The quantitative estimate of drug-likeness (QED) is 0.465. The van der Waals surface area contributed by atoms with Crippen LogP contribution in [0.5, 0.6) is 11.5 Å². The van der Waals surface area contributed by atoms with Crippen LogP contribution >= 0.6 is 11.3 Å². The van der Waals surface area contributed by atoms with E-state index in [0.717, 1.165) is 24.0 Å². The summed E-state index contributed by atoms with van der Waals surface area (Å²) in [7, 11) is 3.41. The van der Waals surface area contributed by atoms with Crippen LogP contribution in [-0.4, -0.2) is 33.3 Å². The van der Waals surface area contributed by atoms with Crippen LogP contribution < -0.4 is 20.1 Å². The number of nitrogens with zero attached hydrogens (tertiary/aromatic N) is 1. The summed E-state index contributed by atoms with van der Waals surface area (Å²) in [4.78, 5) is 5.53. The van der Waals surface area contributed by atoms with Crippen molar-refractivity contribution in [3.05, 3.63) is 46.2 Å². The Hall–Kier alpha value is -2.21. The minimum absolute atomic E-state index is 0.561. The van der Waals surface area contributed by atoms with E-state index in [-0.39, 0.29) is 0 Å². The number of hydrogen-bond donors (Lipinski definition) is 2. The second kappa shape index (κ2) is 9.05. The molecule has 0 fully saturated rings. The predicted octanol–water partition coefficient (Wildman–Crippen LogP) is 2.81. The van der Waals surface area contributed by atoms with Gasteiger partial charge in [0.05, 0.1) is 20.2 Å². The Balaban J connectivity index is 1.68. The van der Waals surface area contributed by atoms with E-state index < -0.39 is 0 Å². The van der Waals surface area contributed by atoms with E-state index in [1.54, 1.807) is 25.5 Å². The van der Waals surface area contributed by atoms with Gasteiger partial charge in [0.1, 0.15) is 18.1 Å². The molecule has 2 aromatic rings. The Morgan fingerprint density at radius 3 is 2.48 bits per heavy atom. The normalized spacial score (nSPS) is 11.2. The van der Waals surface area contributed by atoms with Crippen LogP contribution in [0.4, 0.5) is 0 Å². The van der Waals surface area contributed by atoms with Crippen molar-refractivity contribution in [2.45, 2.75) is 13.5 Å². The van der Waals surface area contributed by atoms with Crippen LogP contribution in [0.2, 0.25) is 0 Å². The summed E-state index contributed by atoms with van der Waals surface area (Å²) < 4.78 is 10.8. The minimum atomic E-state index is 0.561. The zero-order valence-corrected chi connectivity index (χ0v) is 14.6. The summed E-state index contributed by atoms with van der Waals surface area (Å²) in [6.07, 6.45) is 0. The van der Waals surface area contributed by atoms with Crippen molar-refractivity contribution in [2.75, 3.05) is 27.3 Å². The van der Waals surface area contributed by atoms with Crippen molar-refractivity contribution >= 4 is 17.3 Å². The second-order valence-corrected chi connectivity index (χ2v) is 5.90. The average molecular weight is 333 g/mol. The predicted molar refractivity (Wildman–Crippen MR) is 95.7 cm³/mol. The Bertz CT molecular complexity index is 623. The van der Waals surface area contributed by atoms with Gasteiger partial charge in [-0.3, -0.25) is 4.99 Å². The SMILES string of the molecule is CN=C(NCCOc1ccc(OC)cc1)NCc1sccc1C. The highest BCUT2D eigenvalue weighted by Gasteiger charge is 2.02. The molecular weight excluding hydrogens is 310 g/mol. The van der Waals surface area contributed by atoms with Crippen molar-refractivity contribution in [2.24, 2.45) is 4.99 Å². The Morgan fingerprint density at radius 1 is 1.13 bits per heavy atom. The van der Waals surface area contributed by atoms with Gasteiger partial charge in [-0.15, -0.1) is 11.3 Å². The number of rotatable bonds is 7. The van der Waals surface area contributed by atoms with Crippen molar-refractivity contribution in [1.29, 1.82) is 0 Å². The number of methoxy groups -OCH3 is 1. The summed E-state index contributed by atoms with van der Waals surface area (Å²) >= 11 is 1.75. The first-order valence-corrected chi connectivity index (χ1v) is 8.35. The molecule has 0 bridgehead atoms. The highest BCUT2D eigenvalue weighted by Crippen LogP contribution is 2.16. The molecule has 1 aromatic heterocycles. The summed E-state index contributed by atoms with van der Waals surface area (Å²) in [6.45, 7) is 4.13. The average Bonchev–Trinajstić information content (AvgIpc) is 3.00. The van der Waals surface area contributed by atoms with Crippen molar-refractivity contribution in [3.63, 3.8) is 0 Å². The van der Waals surface area contributed by atoms with Crippen molar-refractivity contribution < 1.29 is 9.47 Å². The van der Waals surface area contributed by atoms with Crippen LogP contribution in [0.25, 0.3) is 0 Å². The first-order valence-electron chi connectivity index (χ1n) is 7.47. The van der Waals surface area contributed by atoms with Gasteiger partial charge >= 0.3 is 0 Å². The maximum Gasteiger partial charge on any atom is 0.191 e. The summed E-state index contributed by atoms with van der Waals surface area (Å²) in [5.41, 5.74) is 1.31. The van der Waals surface area contributed by atoms with Gasteiger partial charge in [-0.2, -0.15) is 0 Å². The fraction of sp³-hybridized carbons (Fsp3) is 0.353. The molecule has 0 unspecified atom stereocenters. The highest BCUT2D eigenvalue weighted by atomic mass is 32.1. The number of thiophene rings is 1. The summed E-state index contributed by atoms with van der Waals surface area (Å²) in [6, 6.07) is 9.68.